The van der Waals surface area contributed by atoms with Crippen LogP contribution in [0.5, 0.6) is 11.5 Å². The van der Waals surface area contributed by atoms with Crippen LogP contribution in [0.25, 0.3) is 5.78 Å². The van der Waals surface area contributed by atoms with Crippen molar-refractivity contribution in [2.45, 2.75) is 6.92 Å². The van der Waals surface area contributed by atoms with Gasteiger partial charge in [0, 0.05) is 5.56 Å². The molecule has 0 unspecified atom stereocenters. The molecule has 25 heavy (non-hydrogen) atoms. The van der Waals surface area contributed by atoms with Crippen LogP contribution in [0.1, 0.15) is 16.1 Å². The van der Waals surface area contributed by atoms with E-state index in [0.717, 1.165) is 4.52 Å². The third-order valence-electron chi connectivity index (χ3n) is 3.48. The Morgan fingerprint density at radius 2 is 1.96 bits per heavy atom. The van der Waals surface area contributed by atoms with Crippen LogP contribution < -0.4 is 20.3 Å². The molecule has 0 aliphatic carbocycles. The standard InChI is InChI=1S/C15H14ClN5O4/c1-7-11(16)13(23)21-15(17-7)19-14(20-21)18-12(22)8-4-5-9(24-2)10(6-8)25-3/h4-6H,1-3H3,(H2,17,18,19,20,22). The molecule has 2 heterocycles. The quantitative estimate of drug-likeness (QED) is 0.729. The van der Waals surface area contributed by atoms with E-state index >= 15 is 0 Å². The van der Waals surface area contributed by atoms with Crippen LogP contribution in [0.2, 0.25) is 5.02 Å². The number of benzene rings is 1. The predicted molar refractivity (Wildman–Crippen MR) is 90.9 cm³/mol. The van der Waals surface area contributed by atoms with E-state index in [0.29, 0.717) is 22.8 Å². The van der Waals surface area contributed by atoms with Gasteiger partial charge in [0.2, 0.25) is 5.95 Å². The van der Waals surface area contributed by atoms with Gasteiger partial charge < -0.3 is 9.47 Å². The maximum Gasteiger partial charge on any atom is 0.293 e. The SMILES string of the molecule is COc1ccc(C(=O)Nc2nc3nc(C)c(Cl)c(=O)n3[nH]2)cc1OC. The molecule has 9 nitrogen and oxygen atoms in total. The zero-order valence-electron chi connectivity index (χ0n) is 13.6. The number of H-pyrrole nitrogens is 1. The number of hydrogen-bond acceptors (Lipinski definition) is 6. The number of amides is 1. The Bertz CT molecular complexity index is 1030. The molecule has 0 fully saturated rings. The summed E-state index contributed by atoms with van der Waals surface area (Å²) in [6, 6.07) is 4.72. The van der Waals surface area contributed by atoms with Crippen molar-refractivity contribution in [1.82, 2.24) is 19.6 Å². The number of ether oxygens (including phenoxy) is 2. The number of nitrogens with zero attached hydrogens (tertiary/aromatic N) is 3. The van der Waals surface area contributed by atoms with Crippen molar-refractivity contribution in [3.63, 3.8) is 0 Å². The van der Waals surface area contributed by atoms with Gasteiger partial charge in [0.15, 0.2) is 11.5 Å². The molecule has 3 rings (SSSR count). The Morgan fingerprint density at radius 3 is 2.64 bits per heavy atom. The van der Waals surface area contributed by atoms with Crippen LogP contribution in [0.4, 0.5) is 5.95 Å². The molecule has 1 amide bonds. The fourth-order valence-corrected chi connectivity index (χ4v) is 2.34. The van der Waals surface area contributed by atoms with Gasteiger partial charge in [0.1, 0.15) is 5.02 Å². The number of hydrogen-bond donors (Lipinski definition) is 2. The third-order valence-corrected chi connectivity index (χ3v) is 3.92. The second-order valence-corrected chi connectivity index (χ2v) is 5.43. The van der Waals surface area contributed by atoms with Crippen molar-refractivity contribution in [2.24, 2.45) is 0 Å². The lowest BCUT2D eigenvalue weighted by Gasteiger charge is -2.09. The number of nitrogens with one attached hydrogen (secondary N) is 2. The number of anilines is 1. The first-order valence-corrected chi connectivity index (χ1v) is 7.50. The average molecular weight is 364 g/mol. The van der Waals surface area contributed by atoms with Crippen LogP contribution in [-0.4, -0.2) is 39.7 Å². The first-order valence-electron chi connectivity index (χ1n) is 7.13. The topological polar surface area (TPSA) is 111 Å². The smallest absolute Gasteiger partial charge is 0.293 e. The predicted octanol–water partition coefficient (Wildman–Crippen LogP) is 1.65. The van der Waals surface area contributed by atoms with Crippen LogP contribution in [0.3, 0.4) is 0 Å². The number of aromatic amines is 1. The molecule has 0 aliphatic rings. The maximum atomic E-state index is 12.4. The first-order chi connectivity index (χ1) is 11.9. The molecule has 0 atom stereocenters. The molecule has 0 aliphatic heterocycles. The van der Waals surface area contributed by atoms with E-state index in [1.54, 1.807) is 19.1 Å². The summed E-state index contributed by atoms with van der Waals surface area (Å²) in [6.45, 7) is 1.60. The molecular weight excluding hydrogens is 350 g/mol. The zero-order chi connectivity index (χ0) is 18.1. The number of fused-ring (bicyclic) bond motifs is 1. The average Bonchev–Trinajstić information content (AvgIpc) is 3.01. The molecular formula is C15H14ClN5O4. The highest BCUT2D eigenvalue weighted by Crippen LogP contribution is 2.27. The Balaban J connectivity index is 1.92. The first kappa shape index (κ1) is 16.8. The molecule has 2 aromatic heterocycles. The number of aryl methyl sites for hydroxylation is 1. The monoisotopic (exact) mass is 363 g/mol. The van der Waals surface area contributed by atoms with E-state index in [-0.39, 0.29) is 16.7 Å². The summed E-state index contributed by atoms with van der Waals surface area (Å²) in [4.78, 5) is 32.6. The van der Waals surface area contributed by atoms with Gasteiger partial charge in [-0.3, -0.25) is 20.0 Å². The number of methoxy groups -OCH3 is 2. The summed E-state index contributed by atoms with van der Waals surface area (Å²) in [5.74, 6) is 0.639. The van der Waals surface area contributed by atoms with E-state index in [2.05, 4.69) is 20.4 Å². The molecule has 0 saturated heterocycles. The second kappa shape index (κ2) is 6.44. The molecule has 0 radical (unpaired) electrons. The van der Waals surface area contributed by atoms with Crippen LogP contribution in [0, 0.1) is 6.92 Å². The summed E-state index contributed by atoms with van der Waals surface area (Å²) in [5.41, 5.74) is 0.187. The van der Waals surface area contributed by atoms with E-state index in [9.17, 15) is 9.59 Å². The van der Waals surface area contributed by atoms with Gasteiger partial charge in [-0.25, -0.2) is 4.98 Å². The molecule has 2 N–H and O–H groups in total. The van der Waals surface area contributed by atoms with Gasteiger partial charge in [-0.15, -0.1) is 0 Å². The molecule has 0 bridgehead atoms. The van der Waals surface area contributed by atoms with Gasteiger partial charge in [-0.2, -0.15) is 9.50 Å². The van der Waals surface area contributed by atoms with Crippen LogP contribution in [-0.2, 0) is 0 Å². The van der Waals surface area contributed by atoms with Gasteiger partial charge in [-0.05, 0) is 25.1 Å². The number of rotatable bonds is 4. The van der Waals surface area contributed by atoms with Crippen molar-refractivity contribution in [1.29, 1.82) is 0 Å². The van der Waals surface area contributed by atoms with Gasteiger partial charge >= 0.3 is 0 Å². The van der Waals surface area contributed by atoms with Crippen LogP contribution >= 0.6 is 11.6 Å². The lowest BCUT2D eigenvalue weighted by molar-refractivity contribution is 0.102. The van der Waals surface area contributed by atoms with Crippen molar-refractivity contribution in [3.8, 4) is 11.5 Å². The van der Waals surface area contributed by atoms with Gasteiger partial charge in [0.05, 0.1) is 19.9 Å². The number of carbonyl (C=O) groups is 1. The number of carbonyl (C=O) groups excluding carboxylic acids is 1. The maximum absolute atomic E-state index is 12.4. The lowest BCUT2D eigenvalue weighted by atomic mass is 10.2. The fourth-order valence-electron chi connectivity index (χ4n) is 2.21. The molecule has 10 heteroatoms. The van der Waals surface area contributed by atoms with Gasteiger partial charge in [-0.1, -0.05) is 11.6 Å². The van der Waals surface area contributed by atoms with E-state index in [1.165, 1.54) is 20.3 Å². The normalized spacial score (nSPS) is 10.7. The van der Waals surface area contributed by atoms with E-state index in [4.69, 9.17) is 21.1 Å². The molecule has 0 spiro atoms. The fraction of sp³-hybridized carbons (Fsp3) is 0.200. The summed E-state index contributed by atoms with van der Waals surface area (Å²) in [6.07, 6.45) is 0. The minimum Gasteiger partial charge on any atom is -0.493 e. The van der Waals surface area contributed by atoms with Gasteiger partial charge in [0.25, 0.3) is 17.2 Å². The Kier molecular flexibility index (Phi) is 4.32. The molecule has 0 saturated carbocycles. The summed E-state index contributed by atoms with van der Waals surface area (Å²) < 4.78 is 11.4. The molecule has 1 aromatic carbocycles. The number of halogens is 1. The van der Waals surface area contributed by atoms with Crippen LogP contribution in [0.15, 0.2) is 23.0 Å². The highest BCUT2D eigenvalue weighted by Gasteiger charge is 2.15. The number of aromatic nitrogens is 4. The second-order valence-electron chi connectivity index (χ2n) is 5.05. The minimum absolute atomic E-state index is 0.0149. The molecule has 130 valence electrons. The van der Waals surface area contributed by atoms with Crippen molar-refractivity contribution >= 4 is 29.2 Å². The van der Waals surface area contributed by atoms with Crippen molar-refractivity contribution < 1.29 is 14.3 Å². The van der Waals surface area contributed by atoms with Crippen molar-refractivity contribution in [3.05, 3.63) is 44.8 Å². The summed E-state index contributed by atoms with van der Waals surface area (Å²) in [7, 11) is 2.98. The summed E-state index contributed by atoms with van der Waals surface area (Å²) in [5, 5.41) is 5.18. The zero-order valence-corrected chi connectivity index (χ0v) is 14.3. The van der Waals surface area contributed by atoms with Crippen molar-refractivity contribution in [2.75, 3.05) is 19.5 Å². The van der Waals surface area contributed by atoms with E-state index < -0.39 is 11.5 Å². The Morgan fingerprint density at radius 1 is 1.24 bits per heavy atom. The largest absolute Gasteiger partial charge is 0.493 e. The highest BCUT2D eigenvalue weighted by molar-refractivity contribution is 6.31. The Hall–Kier alpha value is -3.07. The van der Waals surface area contributed by atoms with E-state index in [1.807, 2.05) is 0 Å². The minimum atomic E-state index is -0.497. The highest BCUT2D eigenvalue weighted by atomic mass is 35.5. The Labute approximate surface area is 146 Å². The molecule has 3 aromatic rings. The summed E-state index contributed by atoms with van der Waals surface area (Å²) >= 11 is 5.87. The lowest BCUT2D eigenvalue weighted by Crippen LogP contribution is -2.17. The third kappa shape index (κ3) is 3.01.